The van der Waals surface area contributed by atoms with Gasteiger partial charge in [0, 0.05) is 0 Å². The van der Waals surface area contributed by atoms with E-state index in [1.807, 2.05) is 0 Å². The molecule has 1 fully saturated rings. The van der Waals surface area contributed by atoms with Crippen molar-refractivity contribution in [1.29, 1.82) is 0 Å². The molecule has 1 heterocycles. The number of carbonyl (C=O) groups excluding carboxylic acids is 1. The second-order valence-electron chi connectivity index (χ2n) is 5.85. The number of nitrogens with zero attached hydrogens (tertiary/aromatic N) is 3. The molecular formula is C12H21N3O6. The van der Waals surface area contributed by atoms with Gasteiger partial charge >= 0.3 is 11.9 Å². The van der Waals surface area contributed by atoms with Gasteiger partial charge in [0.05, 0.1) is 29.4 Å². The first kappa shape index (κ1) is 17.0. The molecule has 0 bridgehead atoms. The molecule has 21 heavy (non-hydrogen) atoms. The van der Waals surface area contributed by atoms with Crippen molar-refractivity contribution >= 4 is 11.9 Å². The van der Waals surface area contributed by atoms with Crippen molar-refractivity contribution in [3.05, 3.63) is 5.21 Å². The van der Waals surface area contributed by atoms with Gasteiger partial charge in [0.15, 0.2) is 0 Å². The monoisotopic (exact) mass is 303 g/mol. The zero-order chi connectivity index (χ0) is 16.0. The van der Waals surface area contributed by atoms with Gasteiger partial charge in [-0.25, -0.2) is 0 Å². The lowest BCUT2D eigenvalue weighted by Gasteiger charge is -2.26. The van der Waals surface area contributed by atoms with Crippen LogP contribution in [0.3, 0.4) is 0 Å². The number of carboxylic acids is 1. The summed E-state index contributed by atoms with van der Waals surface area (Å²) >= 11 is 0. The second-order valence-corrected chi connectivity index (χ2v) is 5.85. The van der Waals surface area contributed by atoms with E-state index in [1.165, 1.54) is 5.01 Å². The first-order valence-corrected chi connectivity index (χ1v) is 6.67. The Bertz CT molecular complexity index is 418. The molecular weight excluding hydrogens is 282 g/mol. The molecule has 1 N–H and O–H groups in total. The van der Waals surface area contributed by atoms with Crippen LogP contribution in [0.15, 0.2) is 5.28 Å². The molecule has 0 aliphatic carbocycles. The molecule has 0 amide bonds. The lowest BCUT2D eigenvalue weighted by molar-refractivity contribution is -0.714. The van der Waals surface area contributed by atoms with Gasteiger partial charge in [0.1, 0.15) is 0 Å². The molecule has 1 atom stereocenters. The third-order valence-electron chi connectivity index (χ3n) is 2.97. The van der Waals surface area contributed by atoms with E-state index < -0.39 is 30.1 Å². The smallest absolute Gasteiger partial charge is 0.314 e. The molecule has 1 saturated heterocycles. The summed E-state index contributed by atoms with van der Waals surface area (Å²) in [4.78, 5) is 27.1. The highest BCUT2D eigenvalue weighted by Gasteiger charge is 2.29. The lowest BCUT2D eigenvalue weighted by atomic mass is 9.98. The highest BCUT2D eigenvalue weighted by Crippen LogP contribution is 2.17. The summed E-state index contributed by atoms with van der Waals surface area (Å²) in [5, 5.41) is 25.0. The number of hydrogen-bond donors (Lipinski definition) is 1. The predicted octanol–water partition coefficient (Wildman–Crippen LogP) is 1.14. The SMILES string of the molecule is CC(C)(C)C(=O)OCON=[N+]([O-])N1CCCC(C(=O)O)C1. The van der Waals surface area contributed by atoms with E-state index in [0.717, 1.165) is 0 Å². The molecule has 0 aromatic heterocycles. The fraction of sp³-hybridized carbons (Fsp3) is 0.833. The van der Waals surface area contributed by atoms with E-state index in [9.17, 15) is 14.8 Å². The summed E-state index contributed by atoms with van der Waals surface area (Å²) in [5.41, 5.74) is -0.665. The van der Waals surface area contributed by atoms with Crippen molar-refractivity contribution in [2.45, 2.75) is 33.6 Å². The number of hydrazine groups is 1. The molecule has 9 heteroatoms. The van der Waals surface area contributed by atoms with Crippen LogP contribution in [0.4, 0.5) is 0 Å². The van der Waals surface area contributed by atoms with Crippen LogP contribution in [-0.4, -0.2) is 46.9 Å². The Kier molecular flexibility index (Phi) is 5.74. The van der Waals surface area contributed by atoms with Crippen molar-refractivity contribution in [2.75, 3.05) is 19.9 Å². The van der Waals surface area contributed by atoms with Gasteiger partial charge in [-0.15, -0.1) is 5.01 Å². The normalized spacial score (nSPS) is 20.0. The molecule has 0 aromatic carbocycles. The minimum Gasteiger partial charge on any atom is -0.569 e. The maximum atomic E-state index is 11.6. The Labute approximate surface area is 122 Å². The quantitative estimate of drug-likeness (QED) is 0.202. The molecule has 0 aromatic rings. The van der Waals surface area contributed by atoms with Crippen LogP contribution in [0.5, 0.6) is 0 Å². The van der Waals surface area contributed by atoms with Gasteiger partial charge in [0.2, 0.25) is 5.28 Å². The van der Waals surface area contributed by atoms with Gasteiger partial charge in [-0.05, 0) is 33.6 Å². The molecule has 0 spiro atoms. The van der Waals surface area contributed by atoms with Crippen molar-refractivity contribution in [1.82, 2.24) is 5.01 Å². The Hall–Kier alpha value is -2.06. The maximum absolute atomic E-state index is 11.6. The number of carboxylic acid groups (broad SMARTS) is 1. The van der Waals surface area contributed by atoms with Gasteiger partial charge < -0.3 is 19.9 Å². The van der Waals surface area contributed by atoms with E-state index in [4.69, 9.17) is 9.84 Å². The van der Waals surface area contributed by atoms with E-state index in [-0.39, 0.29) is 11.5 Å². The fourth-order valence-corrected chi connectivity index (χ4v) is 1.74. The number of rotatable bonds is 5. The number of aliphatic carboxylic acids is 1. The number of piperidine rings is 1. The molecule has 1 unspecified atom stereocenters. The van der Waals surface area contributed by atoms with E-state index in [2.05, 4.69) is 10.1 Å². The molecule has 0 saturated carbocycles. The Balaban J connectivity index is 2.39. The number of esters is 1. The van der Waals surface area contributed by atoms with Crippen LogP contribution < -0.4 is 0 Å². The highest BCUT2D eigenvalue weighted by molar-refractivity contribution is 5.75. The van der Waals surface area contributed by atoms with Crippen molar-refractivity contribution in [3.63, 3.8) is 0 Å². The zero-order valence-corrected chi connectivity index (χ0v) is 12.4. The second kappa shape index (κ2) is 7.09. The third kappa shape index (κ3) is 5.44. The van der Waals surface area contributed by atoms with Gasteiger partial charge in [-0.1, -0.05) is 0 Å². The minimum absolute atomic E-state index is 0.0769. The summed E-state index contributed by atoms with van der Waals surface area (Å²) < 4.78 is 4.77. The van der Waals surface area contributed by atoms with Crippen LogP contribution in [0, 0.1) is 16.5 Å². The summed E-state index contributed by atoms with van der Waals surface area (Å²) in [7, 11) is 0. The third-order valence-corrected chi connectivity index (χ3v) is 2.97. The topological polar surface area (TPSA) is 114 Å². The molecule has 120 valence electrons. The van der Waals surface area contributed by atoms with E-state index >= 15 is 0 Å². The Morgan fingerprint density at radius 2 is 2.14 bits per heavy atom. The van der Waals surface area contributed by atoms with Crippen molar-refractivity contribution in [2.24, 2.45) is 16.6 Å². The van der Waals surface area contributed by atoms with E-state index in [0.29, 0.717) is 19.4 Å². The fourth-order valence-electron chi connectivity index (χ4n) is 1.74. The summed E-state index contributed by atoms with van der Waals surface area (Å²) in [5.74, 6) is -2.00. The van der Waals surface area contributed by atoms with Crippen LogP contribution in [0.2, 0.25) is 0 Å². The average Bonchev–Trinajstić information content (AvgIpc) is 2.42. The average molecular weight is 303 g/mol. The Morgan fingerprint density at radius 3 is 2.71 bits per heavy atom. The molecule has 9 nitrogen and oxygen atoms in total. The number of carbonyl (C=O) groups is 2. The number of hydrogen-bond acceptors (Lipinski definition) is 6. The first-order chi connectivity index (χ1) is 9.71. The highest BCUT2D eigenvalue weighted by atomic mass is 16.8. The molecule has 1 rings (SSSR count). The predicted molar refractivity (Wildman–Crippen MR) is 69.5 cm³/mol. The summed E-state index contributed by atoms with van der Waals surface area (Å²) in [6, 6.07) is 0. The zero-order valence-electron chi connectivity index (χ0n) is 12.4. The largest absolute Gasteiger partial charge is 0.569 e. The van der Waals surface area contributed by atoms with Crippen LogP contribution >= 0.6 is 0 Å². The lowest BCUT2D eigenvalue weighted by Crippen LogP contribution is -2.42. The minimum atomic E-state index is -0.937. The summed E-state index contributed by atoms with van der Waals surface area (Å²) in [6.07, 6.45) is 1.12. The molecule has 1 aliphatic heterocycles. The van der Waals surface area contributed by atoms with Gasteiger partial charge in [-0.2, -0.15) is 0 Å². The van der Waals surface area contributed by atoms with Crippen molar-refractivity contribution in [3.8, 4) is 0 Å². The molecule has 0 radical (unpaired) electrons. The first-order valence-electron chi connectivity index (χ1n) is 6.67. The molecule has 1 aliphatic rings. The van der Waals surface area contributed by atoms with E-state index in [1.54, 1.807) is 20.8 Å². The van der Waals surface area contributed by atoms with Gasteiger partial charge in [0.25, 0.3) is 6.79 Å². The standard InChI is InChI=1S/C12H21N3O6/c1-12(2,3)11(18)20-8-21-13-15(19)14-6-4-5-9(7-14)10(16)17/h9H,4-8H2,1-3H3,(H,16,17). The van der Waals surface area contributed by atoms with Crippen LogP contribution in [-0.2, 0) is 19.2 Å². The number of ether oxygens (including phenoxy) is 1. The van der Waals surface area contributed by atoms with Crippen molar-refractivity contribution < 1.29 is 29.2 Å². The Morgan fingerprint density at radius 1 is 1.48 bits per heavy atom. The van der Waals surface area contributed by atoms with Gasteiger partial charge in [-0.3, -0.25) is 9.59 Å². The van der Waals surface area contributed by atoms with Crippen LogP contribution in [0.1, 0.15) is 33.6 Å². The summed E-state index contributed by atoms with van der Waals surface area (Å²) in [6.45, 7) is 5.07. The maximum Gasteiger partial charge on any atom is 0.314 e. The van der Waals surface area contributed by atoms with Crippen LogP contribution in [0.25, 0.3) is 0 Å².